The Morgan fingerprint density at radius 2 is 1.93 bits per heavy atom. The molecule has 148 valence electrons. The molecule has 1 aromatic heterocycles. The maximum Gasteiger partial charge on any atom is 0.191 e. The average molecular weight is 374 g/mol. The summed E-state index contributed by atoms with van der Waals surface area (Å²) in [7, 11) is 7.03. The Labute approximate surface area is 161 Å². The Bertz CT molecular complexity index is 798. The molecule has 0 bridgehead atoms. The monoisotopic (exact) mass is 373 g/mol. The van der Waals surface area contributed by atoms with Gasteiger partial charge in [-0.15, -0.1) is 0 Å². The van der Waals surface area contributed by atoms with E-state index < -0.39 is 0 Å². The molecule has 1 heterocycles. The van der Waals surface area contributed by atoms with Gasteiger partial charge in [0.2, 0.25) is 0 Å². The number of aliphatic imine (C=N–C) groups is 1. The molecule has 2 aromatic rings. The number of nitrogens with zero attached hydrogens (tertiary/aromatic N) is 3. The van der Waals surface area contributed by atoms with Crippen molar-refractivity contribution >= 4 is 5.96 Å². The van der Waals surface area contributed by atoms with Gasteiger partial charge in [-0.3, -0.25) is 9.67 Å². The second kappa shape index (κ2) is 9.30. The smallest absolute Gasteiger partial charge is 0.191 e. The molecule has 1 atom stereocenters. The highest BCUT2D eigenvalue weighted by atomic mass is 16.5. The second-order valence-electron chi connectivity index (χ2n) is 6.64. The molecule has 2 rings (SSSR count). The van der Waals surface area contributed by atoms with E-state index in [0.29, 0.717) is 6.54 Å². The minimum atomic E-state index is 0.225. The van der Waals surface area contributed by atoms with Gasteiger partial charge in [-0.2, -0.15) is 5.10 Å². The van der Waals surface area contributed by atoms with E-state index in [4.69, 9.17) is 9.47 Å². The molecule has 7 nitrogen and oxygen atoms in total. The van der Waals surface area contributed by atoms with Gasteiger partial charge in [0.1, 0.15) is 0 Å². The zero-order valence-electron chi connectivity index (χ0n) is 17.4. The number of benzene rings is 1. The van der Waals surface area contributed by atoms with Gasteiger partial charge in [0.25, 0.3) is 0 Å². The third-order valence-corrected chi connectivity index (χ3v) is 4.68. The van der Waals surface area contributed by atoms with Crippen molar-refractivity contribution in [3.8, 4) is 11.5 Å². The molecule has 1 aromatic carbocycles. The number of aromatic nitrogens is 2. The number of methoxy groups -OCH3 is 2. The van der Waals surface area contributed by atoms with Crippen LogP contribution in [-0.2, 0) is 20.0 Å². The summed E-state index contributed by atoms with van der Waals surface area (Å²) < 4.78 is 12.6. The van der Waals surface area contributed by atoms with Crippen LogP contribution in [0.15, 0.2) is 23.2 Å². The highest BCUT2D eigenvalue weighted by Gasteiger charge is 2.14. The van der Waals surface area contributed by atoms with Crippen LogP contribution >= 0.6 is 0 Å². The summed E-state index contributed by atoms with van der Waals surface area (Å²) >= 11 is 0. The molecule has 0 saturated carbocycles. The number of nitrogens with one attached hydrogen (secondary N) is 2. The van der Waals surface area contributed by atoms with Crippen LogP contribution in [0.25, 0.3) is 0 Å². The summed E-state index contributed by atoms with van der Waals surface area (Å²) in [5.74, 6) is 2.20. The van der Waals surface area contributed by atoms with Crippen LogP contribution in [0.4, 0.5) is 0 Å². The Balaban J connectivity index is 1.95. The van der Waals surface area contributed by atoms with Crippen molar-refractivity contribution in [1.29, 1.82) is 0 Å². The maximum atomic E-state index is 5.36. The topological polar surface area (TPSA) is 72.7 Å². The van der Waals surface area contributed by atoms with Crippen LogP contribution < -0.4 is 20.1 Å². The number of rotatable bonds is 7. The van der Waals surface area contributed by atoms with Crippen molar-refractivity contribution in [2.24, 2.45) is 12.0 Å². The first-order valence-corrected chi connectivity index (χ1v) is 9.06. The lowest BCUT2D eigenvalue weighted by Gasteiger charge is -2.18. The summed E-state index contributed by atoms with van der Waals surface area (Å²) in [6.07, 6.45) is 0.891. The van der Waals surface area contributed by atoms with Crippen LogP contribution in [0.1, 0.15) is 29.4 Å². The normalized spacial score (nSPS) is 12.6. The first kappa shape index (κ1) is 20.6. The standard InChI is InChI=1S/C20H31N5O2/c1-13(10-17-14(2)24-25(5)15(17)3)23-20(21-4)22-12-16-8-9-18(26-6)19(11-16)27-7/h8-9,11,13H,10,12H2,1-7H3,(H2,21,22,23). The molecule has 0 aliphatic rings. The van der Waals surface area contributed by atoms with Crippen molar-refractivity contribution in [2.75, 3.05) is 21.3 Å². The molecule has 0 aliphatic carbocycles. The highest BCUT2D eigenvalue weighted by Crippen LogP contribution is 2.27. The van der Waals surface area contributed by atoms with E-state index in [-0.39, 0.29) is 6.04 Å². The zero-order valence-corrected chi connectivity index (χ0v) is 17.4. The maximum absolute atomic E-state index is 5.36. The molecular weight excluding hydrogens is 342 g/mol. The van der Waals surface area contributed by atoms with Gasteiger partial charge in [-0.1, -0.05) is 6.07 Å². The molecule has 2 N–H and O–H groups in total. The molecular formula is C20H31N5O2. The van der Waals surface area contributed by atoms with Crippen LogP contribution in [0.3, 0.4) is 0 Å². The predicted molar refractivity (Wildman–Crippen MR) is 109 cm³/mol. The molecule has 0 spiro atoms. The molecule has 7 heteroatoms. The highest BCUT2D eigenvalue weighted by molar-refractivity contribution is 5.80. The van der Waals surface area contributed by atoms with Crippen molar-refractivity contribution in [2.45, 2.75) is 39.8 Å². The Hall–Kier alpha value is -2.70. The van der Waals surface area contributed by atoms with Gasteiger partial charge in [0, 0.05) is 32.4 Å². The van der Waals surface area contributed by atoms with E-state index in [1.54, 1.807) is 21.3 Å². The number of aryl methyl sites for hydroxylation is 2. The number of guanidine groups is 1. The Morgan fingerprint density at radius 1 is 1.22 bits per heavy atom. The molecule has 0 aliphatic heterocycles. The molecule has 1 unspecified atom stereocenters. The summed E-state index contributed by atoms with van der Waals surface area (Å²) in [5.41, 5.74) is 4.65. The average Bonchev–Trinajstić information content (AvgIpc) is 2.90. The van der Waals surface area contributed by atoms with E-state index in [1.165, 1.54) is 11.3 Å². The second-order valence-corrected chi connectivity index (χ2v) is 6.64. The third kappa shape index (κ3) is 5.15. The van der Waals surface area contributed by atoms with Gasteiger partial charge >= 0.3 is 0 Å². The number of ether oxygens (including phenoxy) is 2. The molecule has 0 saturated heterocycles. The fraction of sp³-hybridized carbons (Fsp3) is 0.500. The Morgan fingerprint density at radius 3 is 2.48 bits per heavy atom. The first-order chi connectivity index (χ1) is 12.9. The number of hydrogen-bond acceptors (Lipinski definition) is 4. The van der Waals surface area contributed by atoms with Crippen molar-refractivity contribution in [3.05, 3.63) is 40.7 Å². The zero-order chi connectivity index (χ0) is 20.0. The lowest BCUT2D eigenvalue weighted by molar-refractivity contribution is 0.354. The lowest BCUT2D eigenvalue weighted by atomic mass is 10.1. The fourth-order valence-electron chi connectivity index (χ4n) is 3.07. The van der Waals surface area contributed by atoms with Crippen molar-refractivity contribution in [3.63, 3.8) is 0 Å². The van der Waals surface area contributed by atoms with Gasteiger partial charge in [-0.05, 0) is 50.5 Å². The van der Waals surface area contributed by atoms with Crippen LogP contribution in [0, 0.1) is 13.8 Å². The van der Waals surface area contributed by atoms with Gasteiger partial charge in [-0.25, -0.2) is 0 Å². The van der Waals surface area contributed by atoms with E-state index in [9.17, 15) is 0 Å². The predicted octanol–water partition coefficient (Wildman–Crippen LogP) is 2.35. The fourth-order valence-corrected chi connectivity index (χ4v) is 3.07. The van der Waals surface area contributed by atoms with Gasteiger partial charge in [0.05, 0.1) is 19.9 Å². The summed E-state index contributed by atoms with van der Waals surface area (Å²) in [6.45, 7) is 6.94. The summed E-state index contributed by atoms with van der Waals surface area (Å²) in [4.78, 5) is 4.33. The van der Waals surface area contributed by atoms with Crippen LogP contribution in [0.5, 0.6) is 11.5 Å². The largest absolute Gasteiger partial charge is 0.493 e. The summed E-state index contributed by atoms with van der Waals surface area (Å²) in [5, 5.41) is 11.3. The lowest BCUT2D eigenvalue weighted by Crippen LogP contribution is -2.42. The van der Waals surface area contributed by atoms with Crippen molar-refractivity contribution in [1.82, 2.24) is 20.4 Å². The molecule has 0 amide bonds. The minimum Gasteiger partial charge on any atom is -0.493 e. The SMILES string of the molecule is CN=C(NCc1ccc(OC)c(OC)c1)NC(C)Cc1c(C)nn(C)c1C. The van der Waals surface area contributed by atoms with E-state index in [2.05, 4.69) is 41.5 Å². The van der Waals surface area contributed by atoms with E-state index in [0.717, 1.165) is 35.1 Å². The van der Waals surface area contributed by atoms with E-state index in [1.807, 2.05) is 29.9 Å². The first-order valence-electron chi connectivity index (χ1n) is 9.06. The van der Waals surface area contributed by atoms with Gasteiger partial charge in [0.15, 0.2) is 17.5 Å². The van der Waals surface area contributed by atoms with Gasteiger partial charge < -0.3 is 20.1 Å². The number of hydrogen-bond donors (Lipinski definition) is 2. The van der Waals surface area contributed by atoms with E-state index >= 15 is 0 Å². The third-order valence-electron chi connectivity index (χ3n) is 4.68. The van der Waals surface area contributed by atoms with Crippen molar-refractivity contribution < 1.29 is 9.47 Å². The molecule has 27 heavy (non-hydrogen) atoms. The quantitative estimate of drug-likeness (QED) is 0.576. The minimum absolute atomic E-state index is 0.225. The van der Waals surface area contributed by atoms with Crippen LogP contribution in [0.2, 0.25) is 0 Å². The molecule has 0 radical (unpaired) electrons. The summed E-state index contributed by atoms with van der Waals surface area (Å²) in [6, 6.07) is 6.10. The Kier molecular flexibility index (Phi) is 7.10. The molecule has 0 fully saturated rings. The van der Waals surface area contributed by atoms with Crippen LogP contribution in [-0.4, -0.2) is 43.0 Å².